The lowest BCUT2D eigenvalue weighted by Gasteiger charge is -2.27. The van der Waals surface area contributed by atoms with Crippen LogP contribution in [-0.4, -0.2) is 38.2 Å². The molecule has 0 bridgehead atoms. The third kappa shape index (κ3) is 3.19. The Labute approximate surface area is 103 Å². The fraction of sp³-hybridized carbons (Fsp3) is 0.538. The molecule has 0 radical (unpaired) electrons. The van der Waals surface area contributed by atoms with Crippen LogP contribution >= 0.6 is 0 Å². The molecule has 4 nitrogen and oxygen atoms in total. The molecular weight excluding hydrogens is 214 g/mol. The minimum absolute atomic E-state index is 0.526. The second kappa shape index (κ2) is 6.00. The number of piperazine rings is 1. The number of hydrogen-bond acceptors (Lipinski definition) is 4. The van der Waals surface area contributed by atoms with Gasteiger partial charge in [0.2, 0.25) is 0 Å². The standard InChI is InChI=1S/C13H21N3O/c1-17-13-3-2-11(8-12(13)9-14)10-16-6-4-15-5-7-16/h2-3,8,15H,4-7,9-10,14H2,1H3. The summed E-state index contributed by atoms with van der Waals surface area (Å²) in [5, 5.41) is 3.36. The highest BCUT2D eigenvalue weighted by Gasteiger charge is 2.11. The molecule has 0 saturated carbocycles. The van der Waals surface area contributed by atoms with Crippen LogP contribution in [0.25, 0.3) is 0 Å². The molecule has 0 atom stereocenters. The van der Waals surface area contributed by atoms with Gasteiger partial charge in [-0.15, -0.1) is 0 Å². The first-order valence-corrected chi connectivity index (χ1v) is 6.12. The zero-order valence-corrected chi connectivity index (χ0v) is 10.4. The Morgan fingerprint density at radius 3 is 2.76 bits per heavy atom. The lowest BCUT2D eigenvalue weighted by Crippen LogP contribution is -2.42. The summed E-state index contributed by atoms with van der Waals surface area (Å²) in [4.78, 5) is 2.46. The van der Waals surface area contributed by atoms with Crippen molar-refractivity contribution >= 4 is 0 Å². The van der Waals surface area contributed by atoms with Gasteiger partial charge in [0.1, 0.15) is 5.75 Å². The van der Waals surface area contributed by atoms with E-state index in [1.807, 2.05) is 6.07 Å². The van der Waals surface area contributed by atoms with Gasteiger partial charge in [-0.25, -0.2) is 0 Å². The number of nitrogens with zero attached hydrogens (tertiary/aromatic N) is 1. The van der Waals surface area contributed by atoms with Crippen LogP contribution in [0.4, 0.5) is 0 Å². The van der Waals surface area contributed by atoms with E-state index in [2.05, 4.69) is 22.3 Å². The smallest absolute Gasteiger partial charge is 0.123 e. The van der Waals surface area contributed by atoms with Gasteiger partial charge in [-0.3, -0.25) is 4.90 Å². The predicted molar refractivity (Wildman–Crippen MR) is 69.0 cm³/mol. The number of benzene rings is 1. The van der Waals surface area contributed by atoms with E-state index in [9.17, 15) is 0 Å². The minimum atomic E-state index is 0.526. The van der Waals surface area contributed by atoms with E-state index in [4.69, 9.17) is 10.5 Å². The molecule has 1 aliphatic heterocycles. The zero-order chi connectivity index (χ0) is 12.1. The van der Waals surface area contributed by atoms with E-state index in [0.717, 1.165) is 44.0 Å². The van der Waals surface area contributed by atoms with Crippen LogP contribution in [0.15, 0.2) is 18.2 Å². The fourth-order valence-electron chi connectivity index (χ4n) is 2.22. The lowest BCUT2D eigenvalue weighted by molar-refractivity contribution is 0.233. The molecule has 0 aromatic heterocycles. The second-order valence-electron chi connectivity index (χ2n) is 4.38. The highest BCUT2D eigenvalue weighted by molar-refractivity contribution is 5.37. The minimum Gasteiger partial charge on any atom is -0.496 e. The largest absolute Gasteiger partial charge is 0.496 e. The number of ether oxygens (including phenoxy) is 1. The molecule has 0 aliphatic carbocycles. The highest BCUT2D eigenvalue weighted by Crippen LogP contribution is 2.20. The van der Waals surface area contributed by atoms with Gasteiger partial charge in [0.05, 0.1) is 7.11 Å². The highest BCUT2D eigenvalue weighted by atomic mass is 16.5. The predicted octanol–water partition coefficient (Wildman–Crippen LogP) is 0.559. The van der Waals surface area contributed by atoms with Crippen LogP contribution in [0.1, 0.15) is 11.1 Å². The Kier molecular flexibility index (Phi) is 4.36. The number of methoxy groups -OCH3 is 1. The molecule has 1 saturated heterocycles. The maximum Gasteiger partial charge on any atom is 0.123 e. The molecule has 1 aliphatic rings. The van der Waals surface area contributed by atoms with Crippen molar-refractivity contribution in [3.05, 3.63) is 29.3 Å². The van der Waals surface area contributed by atoms with Crippen LogP contribution in [-0.2, 0) is 13.1 Å². The average molecular weight is 235 g/mol. The summed E-state index contributed by atoms with van der Waals surface area (Å²) in [7, 11) is 1.68. The molecule has 4 heteroatoms. The molecule has 17 heavy (non-hydrogen) atoms. The number of nitrogens with one attached hydrogen (secondary N) is 1. The van der Waals surface area contributed by atoms with E-state index >= 15 is 0 Å². The van der Waals surface area contributed by atoms with Crippen LogP contribution in [0.2, 0.25) is 0 Å². The van der Waals surface area contributed by atoms with E-state index in [1.54, 1.807) is 7.11 Å². The van der Waals surface area contributed by atoms with Crippen molar-refractivity contribution in [1.82, 2.24) is 10.2 Å². The summed E-state index contributed by atoms with van der Waals surface area (Å²) >= 11 is 0. The number of hydrogen-bond donors (Lipinski definition) is 2. The van der Waals surface area contributed by atoms with Crippen LogP contribution in [0.3, 0.4) is 0 Å². The molecule has 2 rings (SSSR count). The summed E-state index contributed by atoms with van der Waals surface area (Å²) in [6.07, 6.45) is 0. The first-order valence-electron chi connectivity index (χ1n) is 6.12. The first-order chi connectivity index (χ1) is 8.33. The quantitative estimate of drug-likeness (QED) is 0.800. The van der Waals surface area contributed by atoms with Gasteiger partial charge < -0.3 is 15.8 Å². The van der Waals surface area contributed by atoms with E-state index in [-0.39, 0.29) is 0 Å². The molecule has 3 N–H and O–H groups in total. The summed E-state index contributed by atoms with van der Waals surface area (Å²) in [5.41, 5.74) is 8.12. The van der Waals surface area contributed by atoms with Crippen LogP contribution < -0.4 is 15.8 Å². The summed E-state index contributed by atoms with van der Waals surface area (Å²) < 4.78 is 5.28. The van der Waals surface area contributed by atoms with E-state index in [1.165, 1.54) is 5.56 Å². The Bertz CT molecular complexity index is 362. The normalized spacial score (nSPS) is 17.1. The second-order valence-corrected chi connectivity index (χ2v) is 4.38. The molecule has 1 heterocycles. The Balaban J connectivity index is 2.05. The molecule has 1 aromatic carbocycles. The summed E-state index contributed by atoms with van der Waals surface area (Å²) in [6.45, 7) is 5.92. The maximum atomic E-state index is 5.72. The Morgan fingerprint density at radius 1 is 1.35 bits per heavy atom. The molecule has 1 aromatic rings. The van der Waals surface area contributed by atoms with Gasteiger partial charge in [-0.2, -0.15) is 0 Å². The van der Waals surface area contributed by atoms with Gasteiger partial charge in [0.15, 0.2) is 0 Å². The van der Waals surface area contributed by atoms with Crippen molar-refractivity contribution < 1.29 is 4.74 Å². The van der Waals surface area contributed by atoms with E-state index < -0.39 is 0 Å². The van der Waals surface area contributed by atoms with Crippen molar-refractivity contribution in [2.45, 2.75) is 13.1 Å². The molecule has 94 valence electrons. The van der Waals surface area contributed by atoms with Gasteiger partial charge in [-0.1, -0.05) is 6.07 Å². The van der Waals surface area contributed by atoms with Crippen LogP contribution in [0, 0.1) is 0 Å². The van der Waals surface area contributed by atoms with Crippen molar-refractivity contribution in [2.75, 3.05) is 33.3 Å². The Hall–Kier alpha value is -1.10. The first kappa shape index (κ1) is 12.4. The summed E-state index contributed by atoms with van der Waals surface area (Å²) in [6, 6.07) is 6.29. The number of nitrogens with two attached hydrogens (primary N) is 1. The molecule has 0 spiro atoms. The zero-order valence-electron chi connectivity index (χ0n) is 10.4. The third-order valence-electron chi connectivity index (χ3n) is 3.18. The topological polar surface area (TPSA) is 50.5 Å². The third-order valence-corrected chi connectivity index (χ3v) is 3.18. The average Bonchev–Trinajstić information content (AvgIpc) is 2.40. The Morgan fingerprint density at radius 2 is 2.12 bits per heavy atom. The molecule has 0 unspecified atom stereocenters. The monoisotopic (exact) mass is 235 g/mol. The van der Waals surface area contributed by atoms with Crippen molar-refractivity contribution in [2.24, 2.45) is 5.73 Å². The van der Waals surface area contributed by atoms with Crippen molar-refractivity contribution in [1.29, 1.82) is 0 Å². The van der Waals surface area contributed by atoms with Gasteiger partial charge in [0.25, 0.3) is 0 Å². The maximum absolute atomic E-state index is 5.72. The lowest BCUT2D eigenvalue weighted by atomic mass is 10.1. The molecule has 0 amide bonds. The van der Waals surface area contributed by atoms with Gasteiger partial charge >= 0.3 is 0 Å². The fourth-order valence-corrected chi connectivity index (χ4v) is 2.22. The van der Waals surface area contributed by atoms with E-state index in [0.29, 0.717) is 6.54 Å². The number of rotatable bonds is 4. The van der Waals surface area contributed by atoms with Gasteiger partial charge in [0, 0.05) is 44.8 Å². The molecular formula is C13H21N3O. The SMILES string of the molecule is COc1ccc(CN2CCNCC2)cc1CN. The van der Waals surface area contributed by atoms with Gasteiger partial charge in [-0.05, 0) is 17.7 Å². The van der Waals surface area contributed by atoms with Crippen molar-refractivity contribution in [3.8, 4) is 5.75 Å². The van der Waals surface area contributed by atoms with Crippen molar-refractivity contribution in [3.63, 3.8) is 0 Å². The van der Waals surface area contributed by atoms with Crippen LogP contribution in [0.5, 0.6) is 5.75 Å². The summed E-state index contributed by atoms with van der Waals surface area (Å²) in [5.74, 6) is 0.886. The molecule has 1 fully saturated rings.